The van der Waals surface area contributed by atoms with E-state index in [4.69, 9.17) is 9.31 Å². The molecule has 52 heavy (non-hydrogen) atoms. The van der Waals surface area contributed by atoms with Gasteiger partial charge in [0.05, 0.1) is 0 Å². The summed E-state index contributed by atoms with van der Waals surface area (Å²) in [6.45, 7) is -3.13. The van der Waals surface area contributed by atoms with Crippen LogP contribution in [0.25, 0.3) is 21.8 Å². The molecule has 0 N–H and O–H groups in total. The highest BCUT2D eigenvalue weighted by Crippen LogP contribution is 2.31. The highest BCUT2D eigenvalue weighted by Gasteiger charge is 2.51. The van der Waals surface area contributed by atoms with Crippen LogP contribution >= 0.6 is 90.4 Å². The smallest absolute Gasteiger partial charge is 0.513 e. The molecule has 6 aromatic carbocycles. The van der Waals surface area contributed by atoms with E-state index in [9.17, 15) is 0 Å². The first-order chi connectivity index (χ1) is 25.4. The van der Waals surface area contributed by atoms with Gasteiger partial charge in [-0.15, -0.1) is 0 Å². The Morgan fingerprint density at radius 1 is 0.346 bits per heavy atom. The lowest BCUT2D eigenvalue weighted by molar-refractivity contribution is -0.515. The molecule has 0 radical (unpaired) electrons. The van der Waals surface area contributed by atoms with Crippen LogP contribution < -0.4 is 40.1 Å². The van der Waals surface area contributed by atoms with Crippen LogP contribution in [0.4, 0.5) is 0 Å². The Hall–Kier alpha value is -3.21. The maximum Gasteiger partial charge on any atom is 0.513 e. The number of pyridine rings is 2. The predicted molar refractivity (Wildman–Crippen MR) is 247 cm³/mol. The van der Waals surface area contributed by atoms with Gasteiger partial charge in [0.15, 0.2) is 0 Å². The molecule has 2 aliphatic rings. The largest absolute Gasteiger partial charge is 0.647 e. The normalized spacial score (nSPS) is 14.4. The molecule has 2 aromatic heterocycles. The lowest BCUT2D eigenvalue weighted by Crippen LogP contribution is -2.80. The summed E-state index contributed by atoms with van der Waals surface area (Å²) in [5, 5.41) is 2.40. The Labute approximate surface area is 357 Å². The highest BCUT2D eigenvalue weighted by atomic mass is 127. The van der Waals surface area contributed by atoms with E-state index >= 15 is 0 Å². The van der Waals surface area contributed by atoms with Gasteiger partial charge < -0.3 is 18.3 Å². The standard InChI is InChI=1S/2C21H14BI2NO/c2*23-18-10-6-16(7-11-18)22(17-8-12-19(24)13-9-17)25-14-2-4-15-3-1-5-20(26-22)21(15)25/h2*1-14H. The minimum Gasteiger partial charge on any atom is -0.647 e. The molecule has 252 valence electrons. The zero-order chi connectivity index (χ0) is 35.5. The van der Waals surface area contributed by atoms with Crippen LogP contribution in [0.1, 0.15) is 0 Å². The second kappa shape index (κ2) is 13.9. The fraction of sp³-hybridized carbons (Fsp3) is 0. The minimum atomic E-state index is -1.56. The van der Waals surface area contributed by atoms with Crippen LogP contribution in [0.15, 0.2) is 170 Å². The fourth-order valence-electron chi connectivity index (χ4n) is 8.00. The monoisotopic (exact) mass is 1120 g/mol. The molecule has 0 bridgehead atoms. The van der Waals surface area contributed by atoms with Crippen molar-refractivity contribution in [3.05, 3.63) is 184 Å². The van der Waals surface area contributed by atoms with Crippen molar-refractivity contribution in [2.45, 2.75) is 0 Å². The molecule has 0 fully saturated rings. The average Bonchev–Trinajstić information content (AvgIpc) is 3.70. The van der Waals surface area contributed by atoms with E-state index in [0.29, 0.717) is 0 Å². The third-order valence-electron chi connectivity index (χ3n) is 10.3. The van der Waals surface area contributed by atoms with Gasteiger partial charge in [-0.1, -0.05) is 131 Å². The van der Waals surface area contributed by atoms with Crippen molar-refractivity contribution in [1.29, 1.82) is 0 Å². The first-order valence-corrected chi connectivity index (χ1v) is 21.3. The molecule has 0 aliphatic carbocycles. The van der Waals surface area contributed by atoms with Gasteiger partial charge in [-0.25, -0.2) is 0 Å². The van der Waals surface area contributed by atoms with E-state index in [-0.39, 0.29) is 0 Å². The van der Waals surface area contributed by atoms with Crippen molar-refractivity contribution < 1.29 is 18.3 Å². The fourth-order valence-corrected chi connectivity index (χ4v) is 9.44. The lowest BCUT2D eigenvalue weighted by atomic mass is 9.41. The van der Waals surface area contributed by atoms with Crippen molar-refractivity contribution in [1.82, 2.24) is 0 Å². The Morgan fingerprint density at radius 3 is 0.942 bits per heavy atom. The molecular weight excluding hydrogens is 1090 g/mol. The zero-order valence-electron chi connectivity index (χ0n) is 27.5. The van der Waals surface area contributed by atoms with Crippen LogP contribution in [0.3, 0.4) is 0 Å². The molecule has 4 nitrogen and oxygen atoms in total. The van der Waals surface area contributed by atoms with Gasteiger partial charge in [0.25, 0.3) is 0 Å². The van der Waals surface area contributed by atoms with Crippen LogP contribution in [0.2, 0.25) is 0 Å². The summed E-state index contributed by atoms with van der Waals surface area (Å²) in [7, 11) is 0. The number of nitrogens with zero attached hydrogens (tertiary/aromatic N) is 2. The lowest BCUT2D eigenvalue weighted by Gasteiger charge is -2.31. The number of halogens is 4. The summed E-state index contributed by atoms with van der Waals surface area (Å²) in [6, 6.07) is 55.8. The van der Waals surface area contributed by atoms with Gasteiger partial charge in [-0.3, -0.25) is 0 Å². The van der Waals surface area contributed by atoms with Crippen LogP contribution in [0, 0.1) is 14.3 Å². The topological polar surface area (TPSA) is 26.2 Å². The number of hydrogen-bond acceptors (Lipinski definition) is 2. The van der Waals surface area contributed by atoms with Crippen molar-refractivity contribution >= 4 is 147 Å². The van der Waals surface area contributed by atoms with E-state index < -0.39 is 13.0 Å². The summed E-state index contributed by atoms with van der Waals surface area (Å²) >= 11 is 9.39. The third kappa shape index (κ3) is 5.74. The molecule has 0 saturated carbocycles. The second-order valence-corrected chi connectivity index (χ2v) is 18.1. The molecule has 0 spiro atoms. The van der Waals surface area contributed by atoms with Gasteiger partial charge in [0.1, 0.15) is 23.9 Å². The van der Waals surface area contributed by atoms with Crippen molar-refractivity contribution in [3.8, 4) is 11.5 Å². The second-order valence-electron chi connectivity index (χ2n) is 13.1. The highest BCUT2D eigenvalue weighted by molar-refractivity contribution is 14.1. The number of benzene rings is 6. The molecule has 2 aliphatic heterocycles. The Kier molecular flexibility index (Phi) is 9.23. The number of para-hydroxylation sites is 2. The zero-order valence-corrected chi connectivity index (χ0v) is 36.2. The van der Waals surface area contributed by atoms with Gasteiger partial charge in [0, 0.05) is 25.1 Å². The summed E-state index contributed by atoms with van der Waals surface area (Å²) in [6.07, 6.45) is 4.30. The van der Waals surface area contributed by atoms with E-state index in [1.54, 1.807) is 0 Å². The van der Waals surface area contributed by atoms with Crippen molar-refractivity contribution in [3.63, 3.8) is 0 Å². The van der Waals surface area contributed by atoms with E-state index in [1.807, 2.05) is 0 Å². The summed E-state index contributed by atoms with van der Waals surface area (Å²) in [4.78, 5) is 0. The molecule has 0 saturated heterocycles. The Morgan fingerprint density at radius 2 is 0.635 bits per heavy atom. The SMILES string of the molecule is Ic1ccc([B-]2(c3ccc(I)cc3)Oc3cccc4ccc[n+]2c34)cc1.Ic1ccc([B-]2(c3ccc(I)cc3)Oc3cccc4ccc[n+]2c34)cc1. The molecule has 0 unspecified atom stereocenters. The summed E-state index contributed by atoms with van der Waals surface area (Å²) in [5.41, 5.74) is 7.04. The molecule has 10 rings (SSSR count). The first kappa shape index (κ1) is 34.6. The summed E-state index contributed by atoms with van der Waals surface area (Å²) < 4.78 is 23.1. The van der Waals surface area contributed by atoms with E-state index in [0.717, 1.165) is 22.5 Å². The third-order valence-corrected chi connectivity index (χ3v) is 13.2. The maximum absolute atomic E-state index is 6.78. The molecule has 4 heterocycles. The van der Waals surface area contributed by atoms with E-state index in [2.05, 4.69) is 269 Å². The Balaban J connectivity index is 0.000000138. The number of rotatable bonds is 4. The molecular formula is C42H28B2I4N2O2. The molecule has 8 aromatic rings. The average molecular weight is 1120 g/mol. The first-order valence-electron chi connectivity index (χ1n) is 17.0. The van der Waals surface area contributed by atoms with Gasteiger partial charge in [0.2, 0.25) is 11.0 Å². The maximum atomic E-state index is 6.78. The van der Waals surface area contributed by atoms with Crippen LogP contribution in [-0.4, -0.2) is 13.0 Å². The Bertz CT molecular complexity index is 2340. The predicted octanol–water partition coefficient (Wildman–Crippen LogP) is 7.67. The van der Waals surface area contributed by atoms with Gasteiger partial charge >= 0.3 is 13.0 Å². The van der Waals surface area contributed by atoms with Gasteiger partial charge in [-0.2, -0.15) is 0 Å². The molecule has 10 heteroatoms. The van der Waals surface area contributed by atoms with Gasteiger partial charge in [-0.05, 0) is 139 Å². The number of aromatic nitrogens is 2. The van der Waals surface area contributed by atoms with Crippen molar-refractivity contribution in [2.24, 2.45) is 0 Å². The van der Waals surface area contributed by atoms with Crippen LogP contribution in [0.5, 0.6) is 11.5 Å². The minimum absolute atomic E-state index is 0.945. The quantitative estimate of drug-likeness (QED) is 0.134. The van der Waals surface area contributed by atoms with Crippen LogP contribution in [-0.2, 0) is 0 Å². The summed E-state index contributed by atoms with van der Waals surface area (Å²) in [5.74, 6) is 1.89. The van der Waals surface area contributed by atoms with E-state index in [1.165, 1.54) is 46.9 Å². The van der Waals surface area contributed by atoms with Crippen molar-refractivity contribution in [2.75, 3.05) is 0 Å². The number of hydrogen-bond donors (Lipinski definition) is 0. The molecule has 0 atom stereocenters. The molecule has 0 amide bonds.